The average molecular weight is 280 g/mol. The van der Waals surface area contributed by atoms with Crippen LogP contribution in [0.3, 0.4) is 0 Å². The van der Waals surface area contributed by atoms with Crippen molar-refractivity contribution in [2.75, 3.05) is 31.7 Å². The standard InChI is InChI=1S/C14H20N2O2S/c1-18-9-10-4-6-16(7-5-10)14-15-13(11-2-3-11)12(8-17)19-14/h8,10-11H,2-7,9H2,1H3. The summed E-state index contributed by atoms with van der Waals surface area (Å²) in [6.07, 6.45) is 5.68. The van der Waals surface area contributed by atoms with Gasteiger partial charge in [0.2, 0.25) is 0 Å². The molecule has 0 unspecified atom stereocenters. The van der Waals surface area contributed by atoms with E-state index < -0.39 is 0 Å². The summed E-state index contributed by atoms with van der Waals surface area (Å²) in [4.78, 5) is 19.0. The number of thiazole rings is 1. The smallest absolute Gasteiger partial charge is 0.186 e. The van der Waals surface area contributed by atoms with Crippen LogP contribution in [0.4, 0.5) is 5.13 Å². The minimum atomic E-state index is 0.552. The maximum Gasteiger partial charge on any atom is 0.186 e. The molecule has 0 radical (unpaired) electrons. The van der Waals surface area contributed by atoms with Crippen LogP contribution in [0.2, 0.25) is 0 Å². The first-order valence-electron chi connectivity index (χ1n) is 7.01. The molecule has 2 fully saturated rings. The zero-order valence-electron chi connectivity index (χ0n) is 11.3. The van der Waals surface area contributed by atoms with Crippen LogP contribution in [-0.4, -0.2) is 38.1 Å². The van der Waals surface area contributed by atoms with E-state index in [0.29, 0.717) is 11.8 Å². The molecule has 2 aliphatic rings. The van der Waals surface area contributed by atoms with Gasteiger partial charge in [-0.05, 0) is 31.6 Å². The predicted molar refractivity (Wildman–Crippen MR) is 76.3 cm³/mol. The predicted octanol–water partition coefficient (Wildman–Crippen LogP) is 2.70. The molecule has 104 valence electrons. The Morgan fingerprint density at radius 2 is 2.11 bits per heavy atom. The maximum absolute atomic E-state index is 11.1. The summed E-state index contributed by atoms with van der Waals surface area (Å²) in [6, 6.07) is 0. The molecule has 0 aromatic carbocycles. The molecular weight excluding hydrogens is 260 g/mol. The second-order valence-corrected chi connectivity index (χ2v) is 6.53. The van der Waals surface area contributed by atoms with Gasteiger partial charge in [0, 0.05) is 32.7 Å². The van der Waals surface area contributed by atoms with Crippen molar-refractivity contribution in [2.45, 2.75) is 31.6 Å². The van der Waals surface area contributed by atoms with Crippen molar-refractivity contribution in [3.05, 3.63) is 10.6 Å². The maximum atomic E-state index is 11.1. The van der Waals surface area contributed by atoms with E-state index in [4.69, 9.17) is 9.72 Å². The molecule has 4 nitrogen and oxygen atoms in total. The number of anilines is 1. The first kappa shape index (κ1) is 13.1. The zero-order chi connectivity index (χ0) is 13.2. The molecule has 1 saturated carbocycles. The molecule has 5 heteroatoms. The van der Waals surface area contributed by atoms with Crippen LogP contribution in [0.25, 0.3) is 0 Å². The highest BCUT2D eigenvalue weighted by molar-refractivity contribution is 7.17. The summed E-state index contributed by atoms with van der Waals surface area (Å²) < 4.78 is 5.22. The summed E-state index contributed by atoms with van der Waals surface area (Å²) in [6.45, 7) is 2.92. The molecule has 0 N–H and O–H groups in total. The van der Waals surface area contributed by atoms with Gasteiger partial charge >= 0.3 is 0 Å². The molecule has 0 amide bonds. The molecular formula is C14H20N2O2S. The van der Waals surface area contributed by atoms with Gasteiger partial charge in [0.1, 0.15) is 0 Å². The zero-order valence-corrected chi connectivity index (χ0v) is 12.1. The van der Waals surface area contributed by atoms with Gasteiger partial charge in [-0.15, -0.1) is 0 Å². The monoisotopic (exact) mass is 280 g/mol. The van der Waals surface area contributed by atoms with Crippen molar-refractivity contribution >= 4 is 22.8 Å². The first-order valence-corrected chi connectivity index (χ1v) is 7.83. The number of methoxy groups -OCH3 is 1. The number of aromatic nitrogens is 1. The van der Waals surface area contributed by atoms with E-state index in [9.17, 15) is 4.79 Å². The molecule has 1 aromatic heterocycles. The molecule has 0 atom stereocenters. The number of nitrogens with zero attached hydrogens (tertiary/aromatic N) is 2. The van der Waals surface area contributed by atoms with Crippen molar-refractivity contribution in [3.8, 4) is 0 Å². The lowest BCUT2D eigenvalue weighted by molar-refractivity contribution is 0.112. The van der Waals surface area contributed by atoms with Crippen LogP contribution >= 0.6 is 11.3 Å². The number of hydrogen-bond acceptors (Lipinski definition) is 5. The molecule has 3 rings (SSSR count). The minimum absolute atomic E-state index is 0.552. The van der Waals surface area contributed by atoms with Crippen LogP contribution in [0, 0.1) is 5.92 Å². The number of rotatable bonds is 5. The van der Waals surface area contributed by atoms with Gasteiger partial charge in [-0.1, -0.05) is 11.3 Å². The van der Waals surface area contributed by atoms with Gasteiger partial charge < -0.3 is 9.64 Å². The van der Waals surface area contributed by atoms with Crippen molar-refractivity contribution < 1.29 is 9.53 Å². The van der Waals surface area contributed by atoms with E-state index in [-0.39, 0.29) is 0 Å². The van der Waals surface area contributed by atoms with Gasteiger partial charge in [-0.3, -0.25) is 4.79 Å². The Labute approximate surface area is 117 Å². The van der Waals surface area contributed by atoms with Crippen molar-refractivity contribution in [3.63, 3.8) is 0 Å². The Balaban J connectivity index is 1.68. The highest BCUT2D eigenvalue weighted by atomic mass is 32.1. The highest BCUT2D eigenvalue weighted by Crippen LogP contribution is 2.43. The summed E-state index contributed by atoms with van der Waals surface area (Å²) in [5, 5.41) is 1.04. The summed E-state index contributed by atoms with van der Waals surface area (Å²) >= 11 is 1.56. The molecule has 1 aliphatic heterocycles. The average Bonchev–Trinajstić information content (AvgIpc) is 3.19. The fraction of sp³-hybridized carbons (Fsp3) is 0.714. The minimum Gasteiger partial charge on any atom is -0.384 e. The van der Waals surface area contributed by atoms with Crippen molar-refractivity contribution in [1.82, 2.24) is 4.98 Å². The quantitative estimate of drug-likeness (QED) is 0.778. The van der Waals surface area contributed by atoms with E-state index in [1.807, 2.05) is 0 Å². The van der Waals surface area contributed by atoms with E-state index >= 15 is 0 Å². The SMILES string of the molecule is COCC1CCN(c2nc(C3CC3)c(C=O)s2)CC1. The lowest BCUT2D eigenvalue weighted by Crippen LogP contribution is -2.34. The molecule has 1 saturated heterocycles. The Hall–Kier alpha value is -0.940. The van der Waals surface area contributed by atoms with Crippen LogP contribution < -0.4 is 4.90 Å². The second-order valence-electron chi connectivity index (χ2n) is 5.52. The third-order valence-corrected chi connectivity index (χ3v) is 5.09. The normalized spacial score (nSPS) is 20.8. The van der Waals surface area contributed by atoms with Crippen molar-refractivity contribution in [2.24, 2.45) is 5.92 Å². The number of hydrogen-bond donors (Lipinski definition) is 0. The molecule has 0 bridgehead atoms. The summed E-state index contributed by atoms with van der Waals surface area (Å²) in [5.41, 5.74) is 1.05. The van der Waals surface area contributed by atoms with Gasteiger partial charge in [-0.2, -0.15) is 0 Å². The van der Waals surface area contributed by atoms with Crippen LogP contribution in [0.1, 0.15) is 47.0 Å². The topological polar surface area (TPSA) is 42.4 Å². The molecule has 2 heterocycles. The fourth-order valence-corrected chi connectivity index (χ4v) is 3.74. The third-order valence-electron chi connectivity index (χ3n) is 4.03. The largest absolute Gasteiger partial charge is 0.384 e. The Bertz CT molecular complexity index is 448. The van der Waals surface area contributed by atoms with E-state index in [1.54, 1.807) is 18.4 Å². The van der Waals surface area contributed by atoms with E-state index in [1.165, 1.54) is 12.8 Å². The number of aldehydes is 1. The molecule has 1 aliphatic carbocycles. The van der Waals surface area contributed by atoms with Crippen LogP contribution in [0.5, 0.6) is 0 Å². The summed E-state index contributed by atoms with van der Waals surface area (Å²) in [5.74, 6) is 1.23. The lowest BCUT2D eigenvalue weighted by Gasteiger charge is -2.31. The second kappa shape index (κ2) is 5.59. The van der Waals surface area contributed by atoms with Crippen LogP contribution in [-0.2, 0) is 4.74 Å². The molecule has 19 heavy (non-hydrogen) atoms. The Morgan fingerprint density at radius 1 is 1.37 bits per heavy atom. The van der Waals surface area contributed by atoms with E-state index in [0.717, 1.165) is 54.5 Å². The molecule has 1 aromatic rings. The van der Waals surface area contributed by atoms with Gasteiger partial charge in [0.15, 0.2) is 11.4 Å². The number of piperidine rings is 1. The first-order chi connectivity index (χ1) is 9.31. The van der Waals surface area contributed by atoms with Crippen LogP contribution in [0.15, 0.2) is 0 Å². The number of carbonyl (C=O) groups is 1. The summed E-state index contributed by atoms with van der Waals surface area (Å²) in [7, 11) is 1.77. The van der Waals surface area contributed by atoms with Crippen molar-refractivity contribution in [1.29, 1.82) is 0 Å². The molecule has 0 spiro atoms. The van der Waals surface area contributed by atoms with Gasteiger partial charge in [0.25, 0.3) is 0 Å². The van der Waals surface area contributed by atoms with Gasteiger partial charge in [-0.25, -0.2) is 4.98 Å². The Morgan fingerprint density at radius 3 is 2.68 bits per heavy atom. The Kier molecular flexibility index (Phi) is 3.84. The highest BCUT2D eigenvalue weighted by Gasteiger charge is 2.31. The van der Waals surface area contributed by atoms with Gasteiger partial charge in [0.05, 0.1) is 10.6 Å². The number of carbonyl (C=O) groups excluding carboxylic acids is 1. The van der Waals surface area contributed by atoms with E-state index in [2.05, 4.69) is 4.90 Å². The number of ether oxygens (including phenoxy) is 1. The fourth-order valence-electron chi connectivity index (χ4n) is 2.73. The third kappa shape index (κ3) is 2.82. The lowest BCUT2D eigenvalue weighted by atomic mass is 9.98.